The maximum atomic E-state index is 15.1. The van der Waals surface area contributed by atoms with Crippen LogP contribution in [0.25, 0.3) is 11.4 Å². The second-order valence-corrected chi connectivity index (χ2v) is 10.6. The minimum atomic E-state index is -0.0829. The van der Waals surface area contributed by atoms with Crippen molar-refractivity contribution in [2.45, 2.75) is 129 Å². The molecule has 3 heteroatoms. The SMILES string of the molecule is CCCCCCCCC1CCC(c2ccc(-c3ncc(CCCCCCC)cn3)cc2F)CC1. The van der Waals surface area contributed by atoms with E-state index >= 15 is 4.39 Å². The van der Waals surface area contributed by atoms with E-state index in [0.29, 0.717) is 11.7 Å². The first-order valence-corrected chi connectivity index (χ1v) is 14.3. The molecule has 0 radical (unpaired) electrons. The molecule has 0 N–H and O–H groups in total. The summed E-state index contributed by atoms with van der Waals surface area (Å²) >= 11 is 0. The molecule has 0 saturated heterocycles. The number of aryl methyl sites for hydroxylation is 1. The van der Waals surface area contributed by atoms with Crippen molar-refractivity contribution in [1.29, 1.82) is 0 Å². The fourth-order valence-electron chi connectivity index (χ4n) is 5.54. The number of hydrogen-bond donors (Lipinski definition) is 0. The van der Waals surface area contributed by atoms with Crippen LogP contribution in [0.4, 0.5) is 4.39 Å². The van der Waals surface area contributed by atoms with Crippen molar-refractivity contribution in [2.75, 3.05) is 0 Å². The minimum absolute atomic E-state index is 0.0829. The van der Waals surface area contributed by atoms with E-state index in [2.05, 4.69) is 23.8 Å². The van der Waals surface area contributed by atoms with Crippen molar-refractivity contribution >= 4 is 0 Å². The fraction of sp³-hybridized carbons (Fsp3) is 0.677. The normalized spacial score (nSPS) is 18.3. The molecule has 1 aliphatic rings. The molecule has 1 aromatic carbocycles. The first-order valence-electron chi connectivity index (χ1n) is 14.3. The van der Waals surface area contributed by atoms with Gasteiger partial charge in [-0.1, -0.05) is 96.6 Å². The average Bonchev–Trinajstić information content (AvgIpc) is 2.87. The van der Waals surface area contributed by atoms with Gasteiger partial charge in [0.25, 0.3) is 0 Å². The molecule has 1 fully saturated rings. The lowest BCUT2D eigenvalue weighted by Crippen LogP contribution is -2.14. The van der Waals surface area contributed by atoms with Crippen LogP contribution in [-0.2, 0) is 6.42 Å². The molecule has 0 atom stereocenters. The van der Waals surface area contributed by atoms with Crippen LogP contribution in [0.3, 0.4) is 0 Å². The summed E-state index contributed by atoms with van der Waals surface area (Å²) in [5.74, 6) is 1.76. The van der Waals surface area contributed by atoms with Gasteiger partial charge in [0.2, 0.25) is 0 Å². The van der Waals surface area contributed by atoms with Gasteiger partial charge < -0.3 is 0 Å². The van der Waals surface area contributed by atoms with E-state index in [4.69, 9.17) is 0 Å². The summed E-state index contributed by atoms with van der Waals surface area (Å²) < 4.78 is 15.1. The van der Waals surface area contributed by atoms with Crippen molar-refractivity contribution in [1.82, 2.24) is 9.97 Å². The van der Waals surface area contributed by atoms with Crippen LogP contribution in [0.5, 0.6) is 0 Å². The quantitative estimate of drug-likeness (QED) is 0.244. The van der Waals surface area contributed by atoms with Gasteiger partial charge in [0.1, 0.15) is 5.82 Å². The lowest BCUT2D eigenvalue weighted by Gasteiger charge is -2.29. The predicted molar refractivity (Wildman–Crippen MR) is 143 cm³/mol. The Morgan fingerprint density at radius 3 is 2.03 bits per heavy atom. The molecule has 2 aromatic rings. The highest BCUT2D eigenvalue weighted by molar-refractivity contribution is 5.55. The van der Waals surface area contributed by atoms with Gasteiger partial charge in [-0.3, -0.25) is 0 Å². The Kier molecular flexibility index (Phi) is 12.1. The van der Waals surface area contributed by atoms with Crippen LogP contribution in [0.2, 0.25) is 0 Å². The lowest BCUT2D eigenvalue weighted by molar-refractivity contribution is 0.298. The highest BCUT2D eigenvalue weighted by Gasteiger charge is 2.24. The van der Waals surface area contributed by atoms with E-state index in [1.807, 2.05) is 24.5 Å². The zero-order chi connectivity index (χ0) is 24.0. The van der Waals surface area contributed by atoms with Crippen molar-refractivity contribution < 1.29 is 4.39 Å². The zero-order valence-electron chi connectivity index (χ0n) is 21.8. The number of aromatic nitrogens is 2. The summed E-state index contributed by atoms with van der Waals surface area (Å²) in [5, 5.41) is 0. The van der Waals surface area contributed by atoms with E-state index in [9.17, 15) is 0 Å². The van der Waals surface area contributed by atoms with Gasteiger partial charge in [0.15, 0.2) is 5.82 Å². The van der Waals surface area contributed by atoms with E-state index < -0.39 is 0 Å². The Morgan fingerprint density at radius 1 is 0.765 bits per heavy atom. The molecule has 1 heterocycles. The molecular weight excluding hydrogens is 419 g/mol. The lowest BCUT2D eigenvalue weighted by atomic mass is 9.76. The van der Waals surface area contributed by atoms with E-state index in [-0.39, 0.29) is 5.82 Å². The number of halogens is 1. The predicted octanol–water partition coefficient (Wildman–Crippen LogP) is 9.82. The Hall–Kier alpha value is -1.77. The Labute approximate surface area is 208 Å². The summed E-state index contributed by atoms with van der Waals surface area (Å²) in [4.78, 5) is 9.06. The van der Waals surface area contributed by atoms with Gasteiger partial charge in [-0.25, -0.2) is 14.4 Å². The fourth-order valence-corrected chi connectivity index (χ4v) is 5.54. The number of rotatable bonds is 15. The molecule has 0 unspecified atom stereocenters. The van der Waals surface area contributed by atoms with Gasteiger partial charge in [0.05, 0.1) is 0 Å². The summed E-state index contributed by atoms with van der Waals surface area (Å²) in [6.45, 7) is 4.51. The van der Waals surface area contributed by atoms with E-state index in [1.54, 1.807) is 6.07 Å². The van der Waals surface area contributed by atoms with Gasteiger partial charge >= 0.3 is 0 Å². The van der Waals surface area contributed by atoms with E-state index in [0.717, 1.165) is 36.3 Å². The molecule has 34 heavy (non-hydrogen) atoms. The molecule has 0 spiro atoms. The molecule has 1 aliphatic carbocycles. The van der Waals surface area contributed by atoms with Crippen LogP contribution in [0, 0.1) is 11.7 Å². The van der Waals surface area contributed by atoms with Crippen LogP contribution in [0.15, 0.2) is 30.6 Å². The average molecular weight is 467 g/mol. The van der Waals surface area contributed by atoms with Crippen LogP contribution in [0.1, 0.15) is 134 Å². The Balaban J connectivity index is 1.44. The minimum Gasteiger partial charge on any atom is -0.236 e. The maximum absolute atomic E-state index is 15.1. The standard InChI is InChI=1S/C31H47FN2/c1-3-5-7-9-11-12-14-25-16-18-27(19-17-25)29-21-20-28(22-30(29)32)31-33-23-26(24-34-31)15-13-10-8-6-4-2/h20-25,27H,3-19H2,1-2H3. The third-order valence-corrected chi connectivity index (χ3v) is 7.79. The van der Waals surface area contributed by atoms with Crippen molar-refractivity contribution in [3.63, 3.8) is 0 Å². The smallest absolute Gasteiger partial charge is 0.159 e. The molecule has 0 aliphatic heterocycles. The summed E-state index contributed by atoms with van der Waals surface area (Å²) in [5.41, 5.74) is 2.85. The summed E-state index contributed by atoms with van der Waals surface area (Å²) in [7, 11) is 0. The number of unbranched alkanes of at least 4 members (excludes halogenated alkanes) is 9. The third-order valence-electron chi connectivity index (χ3n) is 7.79. The molecule has 2 nitrogen and oxygen atoms in total. The molecule has 1 aromatic heterocycles. The second kappa shape index (κ2) is 15.3. The van der Waals surface area contributed by atoms with Gasteiger partial charge in [-0.2, -0.15) is 0 Å². The Morgan fingerprint density at radius 2 is 1.38 bits per heavy atom. The van der Waals surface area contributed by atoms with Gasteiger partial charge in [-0.15, -0.1) is 0 Å². The topological polar surface area (TPSA) is 25.8 Å². The van der Waals surface area contributed by atoms with Gasteiger partial charge in [-0.05, 0) is 67.6 Å². The molecule has 188 valence electrons. The second-order valence-electron chi connectivity index (χ2n) is 10.6. The summed E-state index contributed by atoms with van der Waals surface area (Å²) in [6.07, 6.45) is 25.6. The largest absolute Gasteiger partial charge is 0.236 e. The Bertz CT molecular complexity index is 809. The van der Waals surface area contributed by atoms with Crippen LogP contribution < -0.4 is 0 Å². The first-order chi connectivity index (χ1) is 16.7. The number of nitrogens with zero attached hydrogens (tertiary/aromatic N) is 2. The van der Waals surface area contributed by atoms with Crippen LogP contribution >= 0.6 is 0 Å². The highest BCUT2D eigenvalue weighted by Crippen LogP contribution is 2.39. The zero-order valence-corrected chi connectivity index (χ0v) is 21.8. The van der Waals surface area contributed by atoms with Crippen LogP contribution in [-0.4, -0.2) is 9.97 Å². The van der Waals surface area contributed by atoms with E-state index in [1.165, 1.54) is 95.5 Å². The highest BCUT2D eigenvalue weighted by atomic mass is 19.1. The molecular formula is C31H47FN2. The maximum Gasteiger partial charge on any atom is 0.159 e. The third kappa shape index (κ3) is 8.78. The van der Waals surface area contributed by atoms with Gasteiger partial charge in [0, 0.05) is 18.0 Å². The monoisotopic (exact) mass is 466 g/mol. The molecule has 1 saturated carbocycles. The summed E-state index contributed by atoms with van der Waals surface area (Å²) in [6, 6.07) is 5.66. The van der Waals surface area contributed by atoms with Crippen molar-refractivity contribution in [3.8, 4) is 11.4 Å². The molecule has 3 rings (SSSR count). The number of benzene rings is 1. The van der Waals surface area contributed by atoms with Crippen molar-refractivity contribution in [2.24, 2.45) is 5.92 Å². The molecule has 0 bridgehead atoms. The number of hydrogen-bond acceptors (Lipinski definition) is 2. The van der Waals surface area contributed by atoms with Crippen molar-refractivity contribution in [3.05, 3.63) is 47.5 Å². The molecule has 0 amide bonds. The first kappa shape index (κ1) is 26.8.